The molecule has 0 aromatic heterocycles. The van der Waals surface area contributed by atoms with E-state index in [4.69, 9.17) is 17.0 Å². The molecule has 2 rings (SSSR count). The topological polar surface area (TPSA) is 106 Å². The number of amides is 1. The normalized spacial score (nSPS) is 9.80. The van der Waals surface area contributed by atoms with Gasteiger partial charge in [0.25, 0.3) is 11.6 Å². The Kier molecular flexibility index (Phi) is 6.24. The Morgan fingerprint density at radius 1 is 1.20 bits per heavy atom. The van der Waals surface area contributed by atoms with E-state index in [1.807, 2.05) is 25.1 Å². The minimum atomic E-state index is -0.491. The third-order valence-corrected chi connectivity index (χ3v) is 3.22. The van der Waals surface area contributed by atoms with Crippen LogP contribution in [0.2, 0.25) is 0 Å². The molecule has 3 N–H and O–H groups in total. The SMILES string of the molecule is Cc1cccc(OCC(=O)NNC(=S)Nc2ccc([N+](=O)[O-])cc2)c1. The van der Waals surface area contributed by atoms with Gasteiger partial charge in [0.1, 0.15) is 5.75 Å². The second kappa shape index (κ2) is 8.60. The number of nitrogens with zero attached hydrogens (tertiary/aromatic N) is 1. The van der Waals surface area contributed by atoms with Gasteiger partial charge >= 0.3 is 0 Å². The van der Waals surface area contributed by atoms with E-state index in [1.54, 1.807) is 6.07 Å². The number of hydrogen-bond acceptors (Lipinski definition) is 5. The molecule has 0 spiro atoms. The predicted molar refractivity (Wildman–Crippen MR) is 97.3 cm³/mol. The van der Waals surface area contributed by atoms with Crippen molar-refractivity contribution in [1.29, 1.82) is 0 Å². The number of nitrogens with one attached hydrogen (secondary N) is 3. The van der Waals surface area contributed by atoms with E-state index in [0.717, 1.165) is 5.56 Å². The number of rotatable bonds is 5. The highest BCUT2D eigenvalue weighted by Gasteiger charge is 2.06. The minimum Gasteiger partial charge on any atom is -0.484 e. The van der Waals surface area contributed by atoms with Gasteiger partial charge in [-0.15, -0.1) is 0 Å². The van der Waals surface area contributed by atoms with Crippen LogP contribution in [0.4, 0.5) is 11.4 Å². The molecule has 0 fully saturated rings. The number of nitro benzene ring substituents is 1. The van der Waals surface area contributed by atoms with Gasteiger partial charge in [0.2, 0.25) is 0 Å². The van der Waals surface area contributed by atoms with Gasteiger partial charge in [-0.1, -0.05) is 12.1 Å². The Balaban J connectivity index is 1.73. The van der Waals surface area contributed by atoms with Crippen LogP contribution in [0.1, 0.15) is 5.56 Å². The van der Waals surface area contributed by atoms with Crippen LogP contribution in [0.15, 0.2) is 48.5 Å². The number of hydrazine groups is 1. The first-order valence-electron chi connectivity index (χ1n) is 7.24. The van der Waals surface area contributed by atoms with Crippen LogP contribution >= 0.6 is 12.2 Å². The Bertz CT molecular complexity index is 780. The van der Waals surface area contributed by atoms with Crippen molar-refractivity contribution in [1.82, 2.24) is 10.9 Å². The zero-order chi connectivity index (χ0) is 18.2. The molecule has 130 valence electrons. The summed E-state index contributed by atoms with van der Waals surface area (Å²) in [4.78, 5) is 21.8. The van der Waals surface area contributed by atoms with Crippen molar-refractivity contribution >= 4 is 34.6 Å². The van der Waals surface area contributed by atoms with E-state index >= 15 is 0 Å². The van der Waals surface area contributed by atoms with Crippen molar-refractivity contribution < 1.29 is 14.5 Å². The molecule has 2 aromatic carbocycles. The fraction of sp³-hybridized carbons (Fsp3) is 0.125. The smallest absolute Gasteiger partial charge is 0.276 e. The average molecular weight is 360 g/mol. The molecule has 0 heterocycles. The van der Waals surface area contributed by atoms with Gasteiger partial charge < -0.3 is 10.1 Å². The van der Waals surface area contributed by atoms with Crippen molar-refractivity contribution in [2.45, 2.75) is 6.92 Å². The van der Waals surface area contributed by atoms with E-state index in [0.29, 0.717) is 11.4 Å². The zero-order valence-electron chi connectivity index (χ0n) is 13.3. The van der Waals surface area contributed by atoms with Crippen LogP contribution in [-0.2, 0) is 4.79 Å². The maximum atomic E-state index is 11.7. The van der Waals surface area contributed by atoms with E-state index in [2.05, 4.69) is 16.2 Å². The lowest BCUT2D eigenvalue weighted by Crippen LogP contribution is -2.45. The summed E-state index contributed by atoms with van der Waals surface area (Å²) in [6.07, 6.45) is 0. The number of non-ortho nitro benzene ring substituents is 1. The van der Waals surface area contributed by atoms with Crippen molar-refractivity contribution in [3.63, 3.8) is 0 Å². The van der Waals surface area contributed by atoms with E-state index in [-0.39, 0.29) is 17.4 Å². The molecule has 0 unspecified atom stereocenters. The molecule has 0 atom stereocenters. The molecule has 0 aliphatic rings. The summed E-state index contributed by atoms with van der Waals surface area (Å²) in [5, 5.41) is 13.5. The fourth-order valence-electron chi connectivity index (χ4n) is 1.85. The largest absolute Gasteiger partial charge is 0.484 e. The van der Waals surface area contributed by atoms with Crippen LogP contribution in [-0.4, -0.2) is 22.5 Å². The number of hydrogen-bond donors (Lipinski definition) is 3. The molecule has 0 aliphatic carbocycles. The number of thiocarbonyl (C=S) groups is 1. The van der Waals surface area contributed by atoms with Gasteiger partial charge in [0, 0.05) is 17.8 Å². The van der Waals surface area contributed by atoms with E-state index < -0.39 is 10.8 Å². The Labute approximate surface area is 149 Å². The molecule has 0 bridgehead atoms. The summed E-state index contributed by atoms with van der Waals surface area (Å²) in [7, 11) is 0. The van der Waals surface area contributed by atoms with E-state index in [9.17, 15) is 14.9 Å². The lowest BCUT2D eigenvalue weighted by Gasteiger charge is -2.12. The van der Waals surface area contributed by atoms with Crippen LogP contribution < -0.4 is 20.9 Å². The van der Waals surface area contributed by atoms with Gasteiger partial charge in [-0.3, -0.25) is 25.8 Å². The van der Waals surface area contributed by atoms with E-state index in [1.165, 1.54) is 24.3 Å². The third kappa shape index (κ3) is 6.07. The van der Waals surface area contributed by atoms with Gasteiger partial charge in [0.05, 0.1) is 4.92 Å². The molecular weight excluding hydrogens is 344 g/mol. The lowest BCUT2D eigenvalue weighted by molar-refractivity contribution is -0.384. The number of aryl methyl sites for hydroxylation is 1. The molecule has 0 saturated heterocycles. The summed E-state index contributed by atoms with van der Waals surface area (Å²) in [5.74, 6) is 0.191. The number of carbonyl (C=O) groups is 1. The summed E-state index contributed by atoms with van der Waals surface area (Å²) < 4.78 is 5.36. The van der Waals surface area contributed by atoms with Crippen molar-refractivity contribution in [2.75, 3.05) is 11.9 Å². The second-order valence-corrected chi connectivity index (χ2v) is 5.44. The zero-order valence-corrected chi connectivity index (χ0v) is 14.1. The number of carbonyl (C=O) groups excluding carboxylic acids is 1. The van der Waals surface area contributed by atoms with Crippen molar-refractivity contribution in [3.8, 4) is 5.75 Å². The van der Waals surface area contributed by atoms with Gasteiger partial charge in [-0.25, -0.2) is 0 Å². The van der Waals surface area contributed by atoms with Crippen LogP contribution in [0.25, 0.3) is 0 Å². The quantitative estimate of drug-likeness (QED) is 0.427. The molecule has 8 nitrogen and oxygen atoms in total. The number of anilines is 1. The van der Waals surface area contributed by atoms with Gasteiger partial charge in [0.15, 0.2) is 11.7 Å². The highest BCUT2D eigenvalue weighted by atomic mass is 32.1. The maximum absolute atomic E-state index is 11.7. The van der Waals surface area contributed by atoms with Crippen LogP contribution in [0.3, 0.4) is 0 Å². The molecule has 1 amide bonds. The minimum absolute atomic E-state index is 0.0222. The second-order valence-electron chi connectivity index (χ2n) is 5.04. The number of benzene rings is 2. The Hall–Kier alpha value is -3.20. The predicted octanol–water partition coefficient (Wildman–Crippen LogP) is 2.30. The molecule has 2 aromatic rings. The first-order valence-corrected chi connectivity index (χ1v) is 7.64. The number of ether oxygens (including phenoxy) is 1. The summed E-state index contributed by atoms with van der Waals surface area (Å²) in [6.45, 7) is 1.76. The average Bonchev–Trinajstić information content (AvgIpc) is 2.58. The molecule has 0 saturated carbocycles. The third-order valence-electron chi connectivity index (χ3n) is 3.01. The first kappa shape index (κ1) is 18.1. The number of nitro groups is 1. The van der Waals surface area contributed by atoms with Gasteiger partial charge in [-0.05, 0) is 49.0 Å². The first-order chi connectivity index (χ1) is 11.9. The fourth-order valence-corrected chi connectivity index (χ4v) is 2.01. The van der Waals surface area contributed by atoms with Crippen molar-refractivity contribution in [2.24, 2.45) is 0 Å². The molecule has 9 heteroatoms. The monoisotopic (exact) mass is 360 g/mol. The molecule has 0 radical (unpaired) electrons. The molecular formula is C16H16N4O4S. The molecule has 0 aliphatic heterocycles. The lowest BCUT2D eigenvalue weighted by atomic mass is 10.2. The highest BCUT2D eigenvalue weighted by Crippen LogP contribution is 2.15. The molecule has 25 heavy (non-hydrogen) atoms. The van der Waals surface area contributed by atoms with Gasteiger partial charge in [-0.2, -0.15) is 0 Å². The maximum Gasteiger partial charge on any atom is 0.276 e. The standard InChI is InChI=1S/C16H16N4O4S/c1-11-3-2-4-14(9-11)24-10-15(21)18-19-16(25)17-12-5-7-13(8-6-12)20(22)23/h2-9H,10H2,1H3,(H,18,21)(H2,17,19,25). The van der Waals surface area contributed by atoms with Crippen LogP contribution in [0.5, 0.6) is 5.75 Å². The summed E-state index contributed by atoms with van der Waals surface area (Å²) >= 11 is 5.02. The van der Waals surface area contributed by atoms with Crippen molar-refractivity contribution in [3.05, 3.63) is 64.2 Å². The summed E-state index contributed by atoms with van der Waals surface area (Å²) in [6, 6.07) is 13.1. The highest BCUT2D eigenvalue weighted by molar-refractivity contribution is 7.80. The summed E-state index contributed by atoms with van der Waals surface area (Å²) in [5.41, 5.74) is 6.47. The van der Waals surface area contributed by atoms with Crippen LogP contribution in [0, 0.1) is 17.0 Å². The Morgan fingerprint density at radius 2 is 1.92 bits per heavy atom. The Morgan fingerprint density at radius 3 is 2.56 bits per heavy atom.